The molecule has 0 N–H and O–H groups in total. The Balaban J connectivity index is 1.59. The molecule has 0 saturated carbocycles. The molecule has 2 unspecified atom stereocenters. The van der Waals surface area contributed by atoms with E-state index in [0.717, 1.165) is 11.1 Å². The van der Waals surface area contributed by atoms with E-state index in [1.807, 2.05) is 65.6 Å². The molecule has 0 spiro atoms. The topological polar surface area (TPSA) is 73.1 Å². The molecular formula is C19H19N5O2. The molecule has 1 aliphatic heterocycles. The molecule has 0 aliphatic carbocycles. The molecule has 1 aliphatic rings. The number of carbonyl (C=O) groups excluding carboxylic acids is 1. The van der Waals surface area contributed by atoms with E-state index in [1.54, 1.807) is 0 Å². The van der Waals surface area contributed by atoms with Gasteiger partial charge in [-0.3, -0.25) is 4.79 Å². The normalized spacial score (nSPS) is 18.5. The van der Waals surface area contributed by atoms with Crippen molar-refractivity contribution in [2.24, 2.45) is 0 Å². The van der Waals surface area contributed by atoms with Crippen LogP contribution >= 0.6 is 0 Å². The zero-order chi connectivity index (χ0) is 17.8. The van der Waals surface area contributed by atoms with Crippen LogP contribution in [0.3, 0.4) is 0 Å². The molecule has 2 atom stereocenters. The van der Waals surface area contributed by atoms with Gasteiger partial charge >= 0.3 is 0 Å². The fourth-order valence-electron chi connectivity index (χ4n) is 3.22. The summed E-state index contributed by atoms with van der Waals surface area (Å²) in [6.07, 6.45) is 1.35. The number of carbonyl (C=O) groups is 1. The molecule has 1 fully saturated rings. The van der Waals surface area contributed by atoms with E-state index >= 15 is 0 Å². The number of morpholine rings is 1. The lowest BCUT2D eigenvalue weighted by Crippen LogP contribution is -2.45. The van der Waals surface area contributed by atoms with Gasteiger partial charge in [0.05, 0.1) is 13.2 Å². The molecule has 2 heterocycles. The number of tetrazole rings is 1. The molecule has 4 rings (SSSR count). The Bertz CT molecular complexity index is 839. The van der Waals surface area contributed by atoms with Crippen LogP contribution in [-0.4, -0.2) is 50.7 Å². The fourth-order valence-corrected chi connectivity index (χ4v) is 3.22. The Morgan fingerprint density at radius 2 is 1.81 bits per heavy atom. The van der Waals surface area contributed by atoms with Crippen LogP contribution in [0.1, 0.15) is 23.3 Å². The quantitative estimate of drug-likeness (QED) is 0.719. The molecule has 26 heavy (non-hydrogen) atoms. The lowest BCUT2D eigenvalue weighted by Gasteiger charge is -2.35. The summed E-state index contributed by atoms with van der Waals surface area (Å²) in [5.41, 5.74) is 1.93. The van der Waals surface area contributed by atoms with Gasteiger partial charge in [-0.1, -0.05) is 60.7 Å². The molecule has 1 saturated heterocycles. The Hall–Kier alpha value is -3.06. The molecule has 132 valence electrons. The predicted molar refractivity (Wildman–Crippen MR) is 94.1 cm³/mol. The smallest absolute Gasteiger partial charge is 0.252 e. The van der Waals surface area contributed by atoms with E-state index in [4.69, 9.17) is 4.74 Å². The number of rotatable bonds is 4. The van der Waals surface area contributed by atoms with E-state index in [9.17, 15) is 4.79 Å². The van der Waals surface area contributed by atoms with Gasteiger partial charge in [0, 0.05) is 6.54 Å². The third-order valence-electron chi connectivity index (χ3n) is 4.53. The first kappa shape index (κ1) is 16.4. The Morgan fingerprint density at radius 3 is 2.50 bits per heavy atom. The van der Waals surface area contributed by atoms with Crippen LogP contribution in [0, 0.1) is 0 Å². The molecule has 3 aromatic rings. The summed E-state index contributed by atoms with van der Waals surface area (Å²) in [6, 6.07) is 19.0. The first-order valence-corrected chi connectivity index (χ1v) is 8.55. The first-order valence-electron chi connectivity index (χ1n) is 8.55. The third kappa shape index (κ3) is 3.34. The molecule has 1 amide bonds. The molecular weight excluding hydrogens is 330 g/mol. The SMILES string of the molecule is O=C(C(c1ccccc1)n1cnnn1)N1CCOC(c2ccccc2)C1. The second-order valence-corrected chi connectivity index (χ2v) is 6.16. The summed E-state index contributed by atoms with van der Waals surface area (Å²) in [7, 11) is 0. The lowest BCUT2D eigenvalue weighted by atomic mass is 10.0. The highest BCUT2D eigenvalue weighted by molar-refractivity contribution is 5.83. The van der Waals surface area contributed by atoms with Crippen molar-refractivity contribution in [2.75, 3.05) is 19.7 Å². The van der Waals surface area contributed by atoms with Gasteiger partial charge in [-0.15, -0.1) is 5.10 Å². The number of aromatic nitrogens is 4. The molecule has 7 heteroatoms. The third-order valence-corrected chi connectivity index (χ3v) is 4.53. The molecule has 1 aromatic heterocycles. The average Bonchev–Trinajstić information content (AvgIpc) is 3.24. The van der Waals surface area contributed by atoms with Crippen molar-refractivity contribution < 1.29 is 9.53 Å². The van der Waals surface area contributed by atoms with Crippen LogP contribution in [-0.2, 0) is 9.53 Å². The van der Waals surface area contributed by atoms with Crippen molar-refractivity contribution in [1.29, 1.82) is 0 Å². The summed E-state index contributed by atoms with van der Waals surface area (Å²) in [5.74, 6) is -0.0345. The van der Waals surface area contributed by atoms with Crippen molar-refractivity contribution in [3.05, 3.63) is 78.1 Å². The number of amides is 1. The van der Waals surface area contributed by atoms with E-state index in [-0.39, 0.29) is 12.0 Å². The van der Waals surface area contributed by atoms with Gasteiger partial charge in [-0.25, -0.2) is 4.68 Å². The number of hydrogen-bond donors (Lipinski definition) is 0. The van der Waals surface area contributed by atoms with E-state index in [0.29, 0.717) is 19.7 Å². The summed E-state index contributed by atoms with van der Waals surface area (Å²) in [4.78, 5) is 15.2. The average molecular weight is 349 g/mol. The number of benzene rings is 2. The Morgan fingerprint density at radius 1 is 1.08 bits per heavy atom. The minimum absolute atomic E-state index is 0.0345. The van der Waals surface area contributed by atoms with Gasteiger partial charge in [0.1, 0.15) is 12.4 Å². The molecule has 2 aromatic carbocycles. The zero-order valence-corrected chi connectivity index (χ0v) is 14.2. The summed E-state index contributed by atoms with van der Waals surface area (Å²) in [5, 5.41) is 11.4. The van der Waals surface area contributed by atoms with Crippen molar-refractivity contribution in [3.63, 3.8) is 0 Å². The van der Waals surface area contributed by atoms with Crippen molar-refractivity contribution >= 4 is 5.91 Å². The maximum atomic E-state index is 13.3. The summed E-state index contributed by atoms with van der Waals surface area (Å²) < 4.78 is 7.38. The van der Waals surface area contributed by atoms with Crippen LogP contribution < -0.4 is 0 Å². The minimum Gasteiger partial charge on any atom is -0.370 e. The molecule has 0 bridgehead atoms. The van der Waals surface area contributed by atoms with Gasteiger partial charge in [0.25, 0.3) is 5.91 Å². The predicted octanol–water partition coefficient (Wildman–Crippen LogP) is 1.86. The van der Waals surface area contributed by atoms with Crippen molar-refractivity contribution in [3.8, 4) is 0 Å². The van der Waals surface area contributed by atoms with Crippen molar-refractivity contribution in [2.45, 2.75) is 12.1 Å². The molecule has 7 nitrogen and oxygen atoms in total. The van der Waals surface area contributed by atoms with Gasteiger partial charge in [0.15, 0.2) is 6.04 Å². The van der Waals surface area contributed by atoms with Crippen LogP contribution in [0.2, 0.25) is 0 Å². The van der Waals surface area contributed by atoms with E-state index < -0.39 is 6.04 Å². The standard InChI is InChI=1S/C19H19N5O2/c25-19(18(24-14-20-21-22-24)16-9-5-2-6-10-16)23-11-12-26-17(13-23)15-7-3-1-4-8-15/h1-10,14,17-18H,11-13H2. The summed E-state index contributed by atoms with van der Waals surface area (Å²) in [6.45, 7) is 1.56. The van der Waals surface area contributed by atoms with E-state index in [1.165, 1.54) is 11.0 Å². The Labute approximate surface area is 151 Å². The fraction of sp³-hybridized carbons (Fsp3) is 0.263. The maximum Gasteiger partial charge on any atom is 0.252 e. The highest BCUT2D eigenvalue weighted by atomic mass is 16.5. The number of ether oxygens (including phenoxy) is 1. The van der Waals surface area contributed by atoms with Gasteiger partial charge < -0.3 is 9.64 Å². The van der Waals surface area contributed by atoms with Crippen LogP contribution in [0.25, 0.3) is 0 Å². The van der Waals surface area contributed by atoms with Crippen LogP contribution in [0.4, 0.5) is 0 Å². The second-order valence-electron chi connectivity index (χ2n) is 6.16. The largest absolute Gasteiger partial charge is 0.370 e. The monoisotopic (exact) mass is 349 g/mol. The Kier molecular flexibility index (Phi) is 4.70. The number of hydrogen-bond acceptors (Lipinski definition) is 5. The highest BCUT2D eigenvalue weighted by Crippen LogP contribution is 2.26. The maximum absolute atomic E-state index is 13.3. The lowest BCUT2D eigenvalue weighted by molar-refractivity contribution is -0.141. The van der Waals surface area contributed by atoms with Crippen molar-refractivity contribution in [1.82, 2.24) is 25.1 Å². The van der Waals surface area contributed by atoms with Gasteiger partial charge in [-0.05, 0) is 21.6 Å². The van der Waals surface area contributed by atoms with Gasteiger partial charge in [0.2, 0.25) is 0 Å². The van der Waals surface area contributed by atoms with Crippen LogP contribution in [0.5, 0.6) is 0 Å². The first-order chi connectivity index (χ1) is 12.8. The van der Waals surface area contributed by atoms with Crippen LogP contribution in [0.15, 0.2) is 67.0 Å². The highest BCUT2D eigenvalue weighted by Gasteiger charge is 2.32. The molecule has 0 radical (unpaired) electrons. The zero-order valence-electron chi connectivity index (χ0n) is 14.2. The van der Waals surface area contributed by atoms with Gasteiger partial charge in [-0.2, -0.15) is 0 Å². The van der Waals surface area contributed by atoms with E-state index in [2.05, 4.69) is 15.5 Å². The number of nitrogens with zero attached hydrogens (tertiary/aromatic N) is 5. The minimum atomic E-state index is -0.583. The summed E-state index contributed by atoms with van der Waals surface area (Å²) >= 11 is 0. The second kappa shape index (κ2) is 7.45.